The standard InChI is InChI=1S/C17H18FN3O3S/c18-13-5-3-11(4-6-13)14-10-25-17(19-14)20-15(22)9-21-7-1-2-12(8-21)16(23)24/h3-6,10,12H,1-2,7-9H2,(H,23,24)(H,19,20,22). The second kappa shape index (κ2) is 7.71. The Hall–Kier alpha value is -2.32. The number of amides is 1. The molecule has 0 bridgehead atoms. The molecule has 132 valence electrons. The molecule has 1 saturated heterocycles. The van der Waals surface area contributed by atoms with Gasteiger partial charge in [-0.3, -0.25) is 14.5 Å². The summed E-state index contributed by atoms with van der Waals surface area (Å²) in [6.07, 6.45) is 1.43. The van der Waals surface area contributed by atoms with E-state index in [-0.39, 0.29) is 18.3 Å². The van der Waals surface area contributed by atoms with Crippen molar-refractivity contribution >= 4 is 28.3 Å². The minimum atomic E-state index is -0.811. The number of anilines is 1. The van der Waals surface area contributed by atoms with Gasteiger partial charge in [-0.2, -0.15) is 0 Å². The molecule has 1 atom stereocenters. The topological polar surface area (TPSA) is 82.5 Å². The van der Waals surface area contributed by atoms with Gasteiger partial charge in [0.1, 0.15) is 5.82 Å². The average Bonchev–Trinajstić information content (AvgIpc) is 3.04. The monoisotopic (exact) mass is 363 g/mol. The third kappa shape index (κ3) is 4.61. The van der Waals surface area contributed by atoms with E-state index in [0.717, 1.165) is 18.5 Å². The molecule has 8 heteroatoms. The zero-order valence-corrected chi connectivity index (χ0v) is 14.3. The number of thiazole rings is 1. The molecule has 3 rings (SSSR count). The highest BCUT2D eigenvalue weighted by Crippen LogP contribution is 2.25. The molecular formula is C17H18FN3O3S. The van der Waals surface area contributed by atoms with E-state index in [1.807, 2.05) is 4.90 Å². The van der Waals surface area contributed by atoms with Gasteiger partial charge in [-0.15, -0.1) is 11.3 Å². The summed E-state index contributed by atoms with van der Waals surface area (Å²) in [6, 6.07) is 6.00. The van der Waals surface area contributed by atoms with Gasteiger partial charge in [0.2, 0.25) is 5.91 Å². The lowest BCUT2D eigenvalue weighted by Gasteiger charge is -2.29. The minimum absolute atomic E-state index is 0.148. The summed E-state index contributed by atoms with van der Waals surface area (Å²) in [7, 11) is 0. The Balaban J connectivity index is 1.56. The van der Waals surface area contributed by atoms with E-state index in [1.54, 1.807) is 17.5 Å². The molecule has 25 heavy (non-hydrogen) atoms. The van der Waals surface area contributed by atoms with Crippen LogP contribution in [0.4, 0.5) is 9.52 Å². The van der Waals surface area contributed by atoms with Crippen molar-refractivity contribution < 1.29 is 19.1 Å². The van der Waals surface area contributed by atoms with Gasteiger partial charge in [-0.05, 0) is 43.7 Å². The van der Waals surface area contributed by atoms with E-state index in [9.17, 15) is 14.0 Å². The maximum atomic E-state index is 13.0. The quantitative estimate of drug-likeness (QED) is 0.853. The summed E-state index contributed by atoms with van der Waals surface area (Å²) in [5.41, 5.74) is 1.45. The normalized spacial score (nSPS) is 18.0. The molecule has 1 aliphatic heterocycles. The number of benzene rings is 1. The number of hydrogen-bond donors (Lipinski definition) is 2. The second-order valence-corrected chi connectivity index (χ2v) is 6.86. The molecule has 1 aliphatic rings. The first-order valence-corrected chi connectivity index (χ1v) is 8.85. The first-order chi connectivity index (χ1) is 12.0. The number of hydrogen-bond acceptors (Lipinski definition) is 5. The van der Waals surface area contributed by atoms with Crippen LogP contribution >= 0.6 is 11.3 Å². The van der Waals surface area contributed by atoms with E-state index in [1.165, 1.54) is 23.5 Å². The fourth-order valence-corrected chi connectivity index (χ4v) is 3.58. The van der Waals surface area contributed by atoms with Crippen molar-refractivity contribution in [3.63, 3.8) is 0 Å². The van der Waals surface area contributed by atoms with Gasteiger partial charge >= 0.3 is 5.97 Å². The number of rotatable bonds is 5. The lowest BCUT2D eigenvalue weighted by atomic mass is 9.98. The van der Waals surface area contributed by atoms with Crippen LogP contribution in [-0.4, -0.2) is 46.5 Å². The van der Waals surface area contributed by atoms with Gasteiger partial charge in [-0.1, -0.05) is 0 Å². The molecule has 2 heterocycles. The summed E-state index contributed by atoms with van der Waals surface area (Å²) in [4.78, 5) is 29.4. The first kappa shape index (κ1) is 17.5. The van der Waals surface area contributed by atoms with Crippen molar-refractivity contribution in [2.45, 2.75) is 12.8 Å². The van der Waals surface area contributed by atoms with Crippen molar-refractivity contribution in [2.24, 2.45) is 5.92 Å². The van der Waals surface area contributed by atoms with E-state index >= 15 is 0 Å². The van der Waals surface area contributed by atoms with Crippen molar-refractivity contribution in [1.82, 2.24) is 9.88 Å². The number of carbonyl (C=O) groups excluding carboxylic acids is 1. The maximum absolute atomic E-state index is 13.0. The molecular weight excluding hydrogens is 345 g/mol. The fourth-order valence-electron chi connectivity index (χ4n) is 2.85. The Labute approximate surface area is 148 Å². The Morgan fingerprint density at radius 3 is 2.84 bits per heavy atom. The number of piperidine rings is 1. The summed E-state index contributed by atoms with van der Waals surface area (Å²) < 4.78 is 13.0. The lowest BCUT2D eigenvalue weighted by molar-refractivity contribution is -0.144. The van der Waals surface area contributed by atoms with Gasteiger partial charge in [0, 0.05) is 17.5 Å². The highest BCUT2D eigenvalue weighted by atomic mass is 32.1. The fraction of sp³-hybridized carbons (Fsp3) is 0.353. The predicted molar refractivity (Wildman–Crippen MR) is 92.9 cm³/mol. The van der Waals surface area contributed by atoms with Gasteiger partial charge in [0.25, 0.3) is 0 Å². The van der Waals surface area contributed by atoms with Crippen LogP contribution in [0.15, 0.2) is 29.6 Å². The number of aliphatic carboxylic acids is 1. The van der Waals surface area contributed by atoms with Gasteiger partial charge in [-0.25, -0.2) is 9.37 Å². The molecule has 1 aromatic heterocycles. The predicted octanol–water partition coefficient (Wildman–Crippen LogP) is 2.68. The van der Waals surface area contributed by atoms with E-state index in [0.29, 0.717) is 23.8 Å². The number of nitrogens with one attached hydrogen (secondary N) is 1. The number of aromatic nitrogens is 1. The third-order valence-corrected chi connectivity index (χ3v) is 4.87. The molecule has 2 aromatic rings. The van der Waals surface area contributed by atoms with E-state index in [4.69, 9.17) is 5.11 Å². The zero-order valence-electron chi connectivity index (χ0n) is 13.4. The second-order valence-electron chi connectivity index (χ2n) is 6.01. The number of nitrogens with zero attached hydrogens (tertiary/aromatic N) is 2. The third-order valence-electron chi connectivity index (χ3n) is 4.11. The molecule has 1 unspecified atom stereocenters. The van der Waals surface area contributed by atoms with Crippen molar-refractivity contribution in [2.75, 3.05) is 25.0 Å². The maximum Gasteiger partial charge on any atom is 0.307 e. The Morgan fingerprint density at radius 2 is 2.12 bits per heavy atom. The van der Waals surface area contributed by atoms with Crippen LogP contribution in [0.2, 0.25) is 0 Å². The van der Waals surface area contributed by atoms with E-state index < -0.39 is 11.9 Å². The number of carboxylic acids is 1. The summed E-state index contributed by atoms with van der Waals surface area (Å²) in [6.45, 7) is 1.26. The zero-order chi connectivity index (χ0) is 17.8. The van der Waals surface area contributed by atoms with Gasteiger partial charge in [0.15, 0.2) is 5.13 Å². The lowest BCUT2D eigenvalue weighted by Crippen LogP contribution is -2.42. The Kier molecular flexibility index (Phi) is 5.40. The van der Waals surface area contributed by atoms with Crippen LogP contribution in [0.3, 0.4) is 0 Å². The van der Waals surface area contributed by atoms with Crippen LogP contribution in [0.1, 0.15) is 12.8 Å². The number of carbonyl (C=O) groups is 2. The Bertz CT molecular complexity index is 763. The minimum Gasteiger partial charge on any atom is -0.481 e. The summed E-state index contributed by atoms with van der Waals surface area (Å²) in [5.74, 6) is -1.75. The molecule has 0 saturated carbocycles. The largest absolute Gasteiger partial charge is 0.481 e. The highest BCUT2D eigenvalue weighted by molar-refractivity contribution is 7.14. The van der Waals surface area contributed by atoms with Crippen LogP contribution < -0.4 is 5.32 Å². The van der Waals surface area contributed by atoms with Crippen molar-refractivity contribution in [3.8, 4) is 11.3 Å². The van der Waals surface area contributed by atoms with Crippen molar-refractivity contribution in [3.05, 3.63) is 35.5 Å². The molecule has 0 spiro atoms. The number of carboxylic acid groups (broad SMARTS) is 1. The van der Waals surface area contributed by atoms with Gasteiger partial charge in [0.05, 0.1) is 18.2 Å². The summed E-state index contributed by atoms with van der Waals surface area (Å²) >= 11 is 1.29. The Morgan fingerprint density at radius 1 is 1.36 bits per heavy atom. The smallest absolute Gasteiger partial charge is 0.307 e. The van der Waals surface area contributed by atoms with Crippen LogP contribution in [0.5, 0.6) is 0 Å². The van der Waals surface area contributed by atoms with E-state index in [2.05, 4.69) is 10.3 Å². The molecule has 1 fully saturated rings. The number of halogens is 1. The van der Waals surface area contributed by atoms with Gasteiger partial charge < -0.3 is 10.4 Å². The molecule has 6 nitrogen and oxygen atoms in total. The number of likely N-dealkylation sites (tertiary alicyclic amines) is 1. The molecule has 0 radical (unpaired) electrons. The van der Waals surface area contributed by atoms with Crippen LogP contribution in [-0.2, 0) is 9.59 Å². The molecule has 0 aliphatic carbocycles. The molecule has 1 amide bonds. The van der Waals surface area contributed by atoms with Crippen LogP contribution in [0.25, 0.3) is 11.3 Å². The van der Waals surface area contributed by atoms with Crippen LogP contribution in [0, 0.1) is 11.7 Å². The molecule has 2 N–H and O–H groups in total. The SMILES string of the molecule is O=C(CN1CCCC(C(=O)O)C1)Nc1nc(-c2ccc(F)cc2)cs1. The highest BCUT2D eigenvalue weighted by Gasteiger charge is 2.26. The summed E-state index contributed by atoms with van der Waals surface area (Å²) in [5, 5.41) is 14.1. The molecule has 1 aromatic carbocycles. The average molecular weight is 363 g/mol. The van der Waals surface area contributed by atoms with Crippen molar-refractivity contribution in [1.29, 1.82) is 0 Å². The first-order valence-electron chi connectivity index (χ1n) is 7.98.